The summed E-state index contributed by atoms with van der Waals surface area (Å²) in [6.45, 7) is 8.06. The number of nitrogens with one attached hydrogen (secondary N) is 1. The molecule has 1 aromatic heterocycles. The second-order valence-electron chi connectivity index (χ2n) is 6.64. The van der Waals surface area contributed by atoms with Crippen molar-refractivity contribution >= 4 is 21.4 Å². The van der Waals surface area contributed by atoms with E-state index in [9.17, 15) is 8.42 Å². The second-order valence-corrected chi connectivity index (χ2v) is 10.1. The molecule has 5 nitrogen and oxygen atoms in total. The Morgan fingerprint density at radius 1 is 1.43 bits per heavy atom. The van der Waals surface area contributed by atoms with Crippen LogP contribution in [0.4, 0.5) is 0 Å². The summed E-state index contributed by atoms with van der Waals surface area (Å²) < 4.78 is 31.8. The molecule has 3 heterocycles. The SMILES string of the molecule is CCS(=O)(=O)NCCC1CCOC12CN(Cc1ccc(C)s1)C2. The maximum absolute atomic E-state index is 11.5. The predicted octanol–water partition coefficient (Wildman–Crippen LogP) is 1.98. The summed E-state index contributed by atoms with van der Waals surface area (Å²) in [6.07, 6.45) is 1.91. The van der Waals surface area contributed by atoms with Gasteiger partial charge in [0.05, 0.1) is 11.4 Å². The van der Waals surface area contributed by atoms with E-state index in [0.717, 1.165) is 39.1 Å². The van der Waals surface area contributed by atoms with Crippen molar-refractivity contribution in [1.82, 2.24) is 9.62 Å². The summed E-state index contributed by atoms with van der Waals surface area (Å²) in [5.41, 5.74) is -0.0377. The van der Waals surface area contributed by atoms with Crippen molar-refractivity contribution in [3.8, 4) is 0 Å². The molecule has 1 unspecified atom stereocenters. The summed E-state index contributed by atoms with van der Waals surface area (Å²) in [5.74, 6) is 0.608. The number of likely N-dealkylation sites (tertiary alicyclic amines) is 1. The van der Waals surface area contributed by atoms with Crippen molar-refractivity contribution in [2.24, 2.45) is 5.92 Å². The van der Waals surface area contributed by atoms with Crippen LogP contribution in [0.1, 0.15) is 29.5 Å². The number of hydrogen-bond acceptors (Lipinski definition) is 5. The Morgan fingerprint density at radius 2 is 2.22 bits per heavy atom. The van der Waals surface area contributed by atoms with Crippen LogP contribution >= 0.6 is 11.3 Å². The van der Waals surface area contributed by atoms with Gasteiger partial charge in [0.15, 0.2) is 0 Å². The van der Waals surface area contributed by atoms with Gasteiger partial charge in [0.1, 0.15) is 0 Å². The Bertz CT molecular complexity index is 636. The molecule has 2 saturated heterocycles. The van der Waals surface area contributed by atoms with E-state index in [1.165, 1.54) is 9.75 Å². The smallest absolute Gasteiger partial charge is 0.211 e. The number of aryl methyl sites for hydroxylation is 1. The number of rotatable bonds is 7. The summed E-state index contributed by atoms with van der Waals surface area (Å²) in [5, 5.41) is 0. The largest absolute Gasteiger partial charge is 0.372 e. The lowest BCUT2D eigenvalue weighted by Crippen LogP contribution is -2.64. The molecule has 2 fully saturated rings. The van der Waals surface area contributed by atoms with Gasteiger partial charge in [0.2, 0.25) is 10.0 Å². The fourth-order valence-corrected chi connectivity index (χ4v) is 5.21. The van der Waals surface area contributed by atoms with Gasteiger partial charge in [-0.25, -0.2) is 13.1 Å². The van der Waals surface area contributed by atoms with Crippen LogP contribution in [0.2, 0.25) is 0 Å². The van der Waals surface area contributed by atoms with E-state index in [4.69, 9.17) is 4.74 Å². The van der Waals surface area contributed by atoms with E-state index in [0.29, 0.717) is 12.5 Å². The number of thiophene rings is 1. The number of sulfonamides is 1. The molecule has 0 bridgehead atoms. The van der Waals surface area contributed by atoms with Gasteiger partial charge in [-0.3, -0.25) is 4.90 Å². The van der Waals surface area contributed by atoms with Gasteiger partial charge < -0.3 is 4.74 Å². The van der Waals surface area contributed by atoms with E-state index >= 15 is 0 Å². The second kappa shape index (κ2) is 6.80. The van der Waals surface area contributed by atoms with Crippen LogP contribution < -0.4 is 4.72 Å². The van der Waals surface area contributed by atoms with Crippen LogP contribution in [0.15, 0.2) is 12.1 Å². The summed E-state index contributed by atoms with van der Waals surface area (Å²) >= 11 is 1.86. The third kappa shape index (κ3) is 3.96. The van der Waals surface area contributed by atoms with Gasteiger partial charge in [-0.05, 0) is 44.7 Å². The highest BCUT2D eigenvalue weighted by atomic mass is 32.2. The quantitative estimate of drug-likeness (QED) is 0.810. The standard InChI is InChI=1S/C16H26N2O3S2/c1-3-23(19,20)17-8-6-14-7-9-21-16(14)11-18(12-16)10-15-5-4-13(2)22-15/h4-5,14,17H,3,6-12H2,1-2H3. The first-order chi connectivity index (χ1) is 10.9. The molecule has 3 rings (SSSR count). The fraction of sp³-hybridized carbons (Fsp3) is 0.750. The molecule has 130 valence electrons. The number of nitrogens with zero attached hydrogens (tertiary/aromatic N) is 1. The molecule has 1 atom stereocenters. The highest BCUT2D eigenvalue weighted by molar-refractivity contribution is 7.89. The maximum Gasteiger partial charge on any atom is 0.211 e. The van der Waals surface area contributed by atoms with Crippen molar-refractivity contribution < 1.29 is 13.2 Å². The van der Waals surface area contributed by atoms with E-state index < -0.39 is 10.0 Å². The van der Waals surface area contributed by atoms with Gasteiger partial charge in [-0.15, -0.1) is 11.3 Å². The van der Waals surface area contributed by atoms with E-state index in [2.05, 4.69) is 28.7 Å². The zero-order valence-corrected chi connectivity index (χ0v) is 15.5. The lowest BCUT2D eigenvalue weighted by molar-refractivity contribution is -0.136. The third-order valence-electron chi connectivity index (χ3n) is 4.95. The Kier molecular flexibility index (Phi) is 5.13. The fourth-order valence-electron chi connectivity index (χ4n) is 3.65. The normalized spacial score (nSPS) is 24.2. The molecule has 0 aromatic carbocycles. The van der Waals surface area contributed by atoms with Crippen LogP contribution in [0.5, 0.6) is 0 Å². The van der Waals surface area contributed by atoms with Crippen LogP contribution in [-0.4, -0.2) is 50.9 Å². The predicted molar refractivity (Wildman–Crippen MR) is 93.2 cm³/mol. The third-order valence-corrected chi connectivity index (χ3v) is 7.34. The molecule has 1 N–H and O–H groups in total. The topological polar surface area (TPSA) is 58.6 Å². The molecular weight excluding hydrogens is 332 g/mol. The molecule has 7 heteroatoms. The first-order valence-corrected chi connectivity index (χ1v) is 10.8. The molecule has 0 aliphatic carbocycles. The lowest BCUT2D eigenvalue weighted by Gasteiger charge is -2.50. The molecule has 0 amide bonds. The highest BCUT2D eigenvalue weighted by Crippen LogP contribution is 2.42. The van der Waals surface area contributed by atoms with Crippen molar-refractivity contribution in [2.75, 3.05) is 32.0 Å². The maximum atomic E-state index is 11.5. The summed E-state index contributed by atoms with van der Waals surface area (Å²) in [6, 6.07) is 4.38. The van der Waals surface area contributed by atoms with Crippen LogP contribution in [0.3, 0.4) is 0 Å². The minimum atomic E-state index is -3.09. The van der Waals surface area contributed by atoms with E-state index in [-0.39, 0.29) is 11.4 Å². The Labute approximate surface area is 143 Å². The van der Waals surface area contributed by atoms with Gasteiger partial charge in [0.25, 0.3) is 0 Å². The Hall–Kier alpha value is -0.470. The number of hydrogen-bond donors (Lipinski definition) is 1. The highest BCUT2D eigenvalue weighted by Gasteiger charge is 2.52. The Balaban J connectivity index is 1.48. The van der Waals surface area contributed by atoms with Crippen LogP contribution in [0.25, 0.3) is 0 Å². The monoisotopic (exact) mass is 358 g/mol. The molecule has 23 heavy (non-hydrogen) atoms. The molecule has 0 saturated carbocycles. The zero-order chi connectivity index (χ0) is 16.5. The van der Waals surface area contributed by atoms with Crippen molar-refractivity contribution in [3.63, 3.8) is 0 Å². The minimum Gasteiger partial charge on any atom is -0.372 e. The van der Waals surface area contributed by atoms with E-state index in [1.807, 2.05) is 11.3 Å². The van der Waals surface area contributed by atoms with Crippen LogP contribution in [-0.2, 0) is 21.3 Å². The molecule has 2 aliphatic rings. The summed E-state index contributed by atoms with van der Waals surface area (Å²) in [4.78, 5) is 5.19. The average Bonchev–Trinajstić information content (AvgIpc) is 3.06. The first kappa shape index (κ1) is 17.4. The van der Waals surface area contributed by atoms with E-state index in [1.54, 1.807) is 6.92 Å². The average molecular weight is 359 g/mol. The van der Waals surface area contributed by atoms with Gasteiger partial charge in [-0.1, -0.05) is 0 Å². The molecule has 2 aliphatic heterocycles. The molecular formula is C16H26N2O3S2. The van der Waals surface area contributed by atoms with Gasteiger partial charge >= 0.3 is 0 Å². The minimum absolute atomic E-state index is 0.0377. The zero-order valence-electron chi connectivity index (χ0n) is 13.9. The molecule has 0 radical (unpaired) electrons. The lowest BCUT2D eigenvalue weighted by atomic mass is 9.79. The first-order valence-electron chi connectivity index (χ1n) is 8.31. The summed E-state index contributed by atoms with van der Waals surface area (Å²) in [7, 11) is -3.09. The number of ether oxygens (including phenoxy) is 1. The van der Waals surface area contributed by atoms with Crippen molar-refractivity contribution in [3.05, 3.63) is 21.9 Å². The molecule has 1 aromatic rings. The Morgan fingerprint density at radius 3 is 2.87 bits per heavy atom. The van der Waals surface area contributed by atoms with Crippen molar-refractivity contribution in [1.29, 1.82) is 0 Å². The van der Waals surface area contributed by atoms with Crippen molar-refractivity contribution in [2.45, 2.75) is 38.8 Å². The molecule has 1 spiro atoms. The van der Waals surface area contributed by atoms with Gasteiger partial charge in [0, 0.05) is 42.5 Å². The van der Waals surface area contributed by atoms with Crippen LogP contribution in [0, 0.1) is 12.8 Å². The van der Waals surface area contributed by atoms with Gasteiger partial charge in [-0.2, -0.15) is 0 Å².